The molecular formula is C12H11ClN6OS. The summed E-state index contributed by atoms with van der Waals surface area (Å²) < 4.78 is 7.36. The summed E-state index contributed by atoms with van der Waals surface area (Å²) in [6.45, 7) is 0.604. The number of hydrogen-bond acceptors (Lipinski definition) is 7. The molecule has 2 aromatic heterocycles. The van der Waals surface area contributed by atoms with Crippen LogP contribution in [0.2, 0.25) is 4.47 Å². The molecule has 0 atom stereocenters. The van der Waals surface area contributed by atoms with Crippen LogP contribution in [-0.2, 0) is 6.54 Å². The first-order valence-corrected chi connectivity index (χ1v) is 7.21. The molecule has 0 aliphatic carbocycles. The van der Waals surface area contributed by atoms with Gasteiger partial charge in [-0.25, -0.2) is 4.98 Å². The Labute approximate surface area is 129 Å². The van der Waals surface area contributed by atoms with E-state index in [-0.39, 0.29) is 0 Å². The summed E-state index contributed by atoms with van der Waals surface area (Å²) in [7, 11) is 1.62. The van der Waals surface area contributed by atoms with Gasteiger partial charge in [-0.2, -0.15) is 4.68 Å². The van der Waals surface area contributed by atoms with Crippen molar-refractivity contribution in [3.05, 3.63) is 40.1 Å². The van der Waals surface area contributed by atoms with Gasteiger partial charge in [0.25, 0.3) is 0 Å². The number of tetrazole rings is 1. The largest absolute Gasteiger partial charge is 0.497 e. The van der Waals surface area contributed by atoms with E-state index in [4.69, 9.17) is 16.3 Å². The number of rotatable bonds is 5. The third-order valence-electron chi connectivity index (χ3n) is 2.78. The van der Waals surface area contributed by atoms with E-state index in [9.17, 15) is 0 Å². The summed E-state index contributed by atoms with van der Waals surface area (Å²) in [6, 6.07) is 5.63. The molecule has 0 saturated heterocycles. The van der Waals surface area contributed by atoms with Crippen LogP contribution >= 0.6 is 22.9 Å². The normalized spacial score (nSPS) is 10.6. The maximum absolute atomic E-state index is 5.83. The summed E-state index contributed by atoms with van der Waals surface area (Å²) in [6.07, 6.45) is 3.29. The van der Waals surface area contributed by atoms with Gasteiger partial charge in [0.15, 0.2) is 4.47 Å². The van der Waals surface area contributed by atoms with Gasteiger partial charge in [-0.1, -0.05) is 11.6 Å². The number of nitrogens with one attached hydrogen (secondary N) is 1. The van der Waals surface area contributed by atoms with E-state index in [0.717, 1.165) is 22.0 Å². The van der Waals surface area contributed by atoms with E-state index in [1.54, 1.807) is 18.0 Å². The number of halogens is 1. The molecule has 0 radical (unpaired) electrons. The Kier molecular flexibility index (Phi) is 3.98. The van der Waals surface area contributed by atoms with Gasteiger partial charge in [0.05, 0.1) is 25.0 Å². The Bertz CT molecular complexity index is 729. The van der Waals surface area contributed by atoms with E-state index < -0.39 is 0 Å². The molecule has 1 N–H and O–H groups in total. The van der Waals surface area contributed by atoms with Crippen LogP contribution in [0.5, 0.6) is 5.75 Å². The zero-order valence-corrected chi connectivity index (χ0v) is 12.6. The summed E-state index contributed by atoms with van der Waals surface area (Å²) in [4.78, 5) is 5.05. The molecule has 7 nitrogen and oxygen atoms in total. The highest BCUT2D eigenvalue weighted by atomic mass is 35.5. The molecule has 1 aromatic carbocycles. The lowest BCUT2D eigenvalue weighted by molar-refractivity contribution is 0.415. The highest BCUT2D eigenvalue weighted by Crippen LogP contribution is 2.26. The van der Waals surface area contributed by atoms with Gasteiger partial charge in [-0.3, -0.25) is 0 Å². The molecule has 0 fully saturated rings. The number of benzene rings is 1. The zero-order valence-electron chi connectivity index (χ0n) is 11.0. The molecule has 3 aromatic rings. The molecule has 0 saturated carbocycles. The van der Waals surface area contributed by atoms with Crippen molar-refractivity contribution < 1.29 is 4.74 Å². The van der Waals surface area contributed by atoms with Crippen LogP contribution in [0.15, 0.2) is 30.7 Å². The Balaban J connectivity index is 1.87. The highest BCUT2D eigenvalue weighted by molar-refractivity contribution is 7.15. The number of anilines is 1. The minimum Gasteiger partial charge on any atom is -0.497 e. The van der Waals surface area contributed by atoms with Crippen LogP contribution in [0.1, 0.15) is 4.88 Å². The van der Waals surface area contributed by atoms with Crippen molar-refractivity contribution in [1.29, 1.82) is 0 Å². The minimum absolute atomic E-state index is 0.526. The minimum atomic E-state index is 0.526. The van der Waals surface area contributed by atoms with E-state index in [2.05, 4.69) is 25.8 Å². The van der Waals surface area contributed by atoms with Crippen molar-refractivity contribution in [1.82, 2.24) is 25.2 Å². The second-order valence-electron chi connectivity index (χ2n) is 4.07. The van der Waals surface area contributed by atoms with E-state index in [1.165, 1.54) is 17.7 Å². The van der Waals surface area contributed by atoms with Crippen molar-refractivity contribution in [2.75, 3.05) is 12.4 Å². The van der Waals surface area contributed by atoms with Gasteiger partial charge in [-0.15, -0.1) is 16.4 Å². The fourth-order valence-electron chi connectivity index (χ4n) is 1.80. The third-order valence-corrected chi connectivity index (χ3v) is 3.89. The SMILES string of the molecule is COc1ccc(-n2cnnn2)c(NCc2cnc(Cl)s2)c1. The average Bonchev–Trinajstić information content (AvgIpc) is 3.16. The molecule has 0 unspecified atom stereocenters. The van der Waals surface area contributed by atoms with Crippen molar-refractivity contribution in [3.8, 4) is 11.4 Å². The predicted molar refractivity (Wildman–Crippen MR) is 80.2 cm³/mol. The molecule has 21 heavy (non-hydrogen) atoms. The first-order valence-electron chi connectivity index (χ1n) is 6.02. The number of nitrogens with zero attached hydrogens (tertiary/aromatic N) is 5. The van der Waals surface area contributed by atoms with Crippen molar-refractivity contribution in [2.24, 2.45) is 0 Å². The summed E-state index contributed by atoms with van der Waals surface area (Å²) >= 11 is 7.27. The Morgan fingerprint density at radius 2 is 2.33 bits per heavy atom. The lowest BCUT2D eigenvalue weighted by Gasteiger charge is -2.12. The summed E-state index contributed by atoms with van der Waals surface area (Å²) in [5, 5.41) is 14.5. The van der Waals surface area contributed by atoms with Crippen LogP contribution < -0.4 is 10.1 Å². The predicted octanol–water partition coefficient (Wildman–Crippen LogP) is 2.39. The van der Waals surface area contributed by atoms with Crippen molar-refractivity contribution in [3.63, 3.8) is 0 Å². The topological polar surface area (TPSA) is 77.8 Å². The number of thiazole rings is 1. The standard InChI is InChI=1S/C12H11ClN6OS/c1-20-8-2-3-11(19-7-16-17-18-19)10(4-8)14-5-9-6-15-12(13)21-9/h2-4,6-7,14H,5H2,1H3. The maximum atomic E-state index is 5.83. The Morgan fingerprint density at radius 3 is 3.00 bits per heavy atom. The van der Waals surface area contributed by atoms with Crippen LogP contribution in [0.25, 0.3) is 5.69 Å². The van der Waals surface area contributed by atoms with Crippen LogP contribution in [-0.4, -0.2) is 32.3 Å². The second kappa shape index (κ2) is 6.06. The quantitative estimate of drug-likeness (QED) is 0.777. The maximum Gasteiger partial charge on any atom is 0.183 e. The Hall–Kier alpha value is -2.19. The van der Waals surface area contributed by atoms with Crippen LogP contribution in [0.4, 0.5) is 5.69 Å². The molecule has 0 aliphatic rings. The van der Waals surface area contributed by atoms with Gasteiger partial charge in [-0.05, 0) is 22.6 Å². The molecule has 2 heterocycles. The summed E-state index contributed by atoms with van der Waals surface area (Å²) in [5.41, 5.74) is 1.68. The molecule has 3 rings (SSSR count). The van der Waals surface area contributed by atoms with Gasteiger partial charge in [0.1, 0.15) is 12.1 Å². The first kappa shape index (κ1) is 13.8. The molecule has 108 valence electrons. The van der Waals surface area contributed by atoms with E-state index in [0.29, 0.717) is 11.0 Å². The lowest BCUT2D eigenvalue weighted by atomic mass is 10.2. The second-order valence-corrected chi connectivity index (χ2v) is 5.77. The fourth-order valence-corrected chi connectivity index (χ4v) is 2.72. The number of ether oxygens (including phenoxy) is 1. The molecule has 9 heteroatoms. The van der Waals surface area contributed by atoms with Gasteiger partial charge >= 0.3 is 0 Å². The molecule has 0 spiro atoms. The molecule has 0 bridgehead atoms. The third kappa shape index (κ3) is 3.11. The monoisotopic (exact) mass is 322 g/mol. The van der Waals surface area contributed by atoms with Gasteiger partial charge in [0, 0.05) is 17.1 Å². The molecule has 0 aliphatic heterocycles. The van der Waals surface area contributed by atoms with Crippen molar-refractivity contribution >= 4 is 28.6 Å². The Morgan fingerprint density at radius 1 is 1.43 bits per heavy atom. The van der Waals surface area contributed by atoms with Crippen LogP contribution in [0, 0.1) is 0 Å². The number of methoxy groups -OCH3 is 1. The molecular weight excluding hydrogens is 312 g/mol. The summed E-state index contributed by atoms with van der Waals surface area (Å²) in [5.74, 6) is 0.747. The first-order chi connectivity index (χ1) is 10.3. The zero-order chi connectivity index (χ0) is 14.7. The van der Waals surface area contributed by atoms with Crippen LogP contribution in [0.3, 0.4) is 0 Å². The highest BCUT2D eigenvalue weighted by Gasteiger charge is 2.08. The fraction of sp³-hybridized carbons (Fsp3) is 0.167. The lowest BCUT2D eigenvalue weighted by Crippen LogP contribution is -2.05. The molecule has 0 amide bonds. The number of aromatic nitrogens is 5. The number of hydrogen-bond donors (Lipinski definition) is 1. The van der Waals surface area contributed by atoms with Gasteiger partial charge < -0.3 is 10.1 Å². The van der Waals surface area contributed by atoms with E-state index >= 15 is 0 Å². The smallest absolute Gasteiger partial charge is 0.183 e. The average molecular weight is 323 g/mol. The van der Waals surface area contributed by atoms with Gasteiger partial charge in [0.2, 0.25) is 0 Å². The van der Waals surface area contributed by atoms with Crippen molar-refractivity contribution in [2.45, 2.75) is 6.54 Å². The van der Waals surface area contributed by atoms with E-state index in [1.807, 2.05) is 18.2 Å².